The molecule has 8 heteroatoms. The van der Waals surface area contributed by atoms with Gasteiger partial charge < -0.3 is 24.7 Å². The number of nitrogens with zero attached hydrogens (tertiary/aromatic N) is 1. The highest BCUT2D eigenvalue weighted by atomic mass is 16.5. The maximum absolute atomic E-state index is 12.6. The average Bonchev–Trinajstić information content (AvgIpc) is 2.73. The van der Waals surface area contributed by atoms with Gasteiger partial charge in [0.1, 0.15) is 5.75 Å². The number of hydrogen-bond acceptors (Lipinski definition) is 5. The Morgan fingerprint density at radius 1 is 0.967 bits per heavy atom. The van der Waals surface area contributed by atoms with Gasteiger partial charge in [-0.1, -0.05) is 6.07 Å². The van der Waals surface area contributed by atoms with Crippen LogP contribution >= 0.6 is 0 Å². The molecule has 3 rings (SSSR count). The first-order valence-corrected chi connectivity index (χ1v) is 9.39. The van der Waals surface area contributed by atoms with Gasteiger partial charge in [-0.15, -0.1) is 0 Å². The van der Waals surface area contributed by atoms with E-state index in [2.05, 4.69) is 10.6 Å². The Bertz CT molecular complexity index is 1110. The van der Waals surface area contributed by atoms with Crippen molar-refractivity contribution in [3.05, 3.63) is 65.1 Å². The van der Waals surface area contributed by atoms with Crippen LogP contribution in [0.25, 0.3) is 10.8 Å². The minimum absolute atomic E-state index is 0.140. The highest BCUT2D eigenvalue weighted by Gasteiger charge is 2.10. The Kier molecular flexibility index (Phi) is 6.82. The van der Waals surface area contributed by atoms with Gasteiger partial charge in [-0.2, -0.15) is 0 Å². The normalized spacial score (nSPS) is 10.6. The zero-order valence-electron chi connectivity index (χ0n) is 16.8. The summed E-state index contributed by atoms with van der Waals surface area (Å²) in [7, 11) is 1.58. The molecule has 2 aromatic carbocycles. The Labute approximate surface area is 173 Å². The first-order chi connectivity index (χ1) is 14.5. The first kappa shape index (κ1) is 21.1. The van der Waals surface area contributed by atoms with Crippen LogP contribution in [0.2, 0.25) is 0 Å². The smallest absolute Gasteiger partial charge is 0.262 e. The van der Waals surface area contributed by atoms with Crippen LogP contribution in [0.1, 0.15) is 6.92 Å². The summed E-state index contributed by atoms with van der Waals surface area (Å²) in [4.78, 5) is 35.9. The third-order valence-electron chi connectivity index (χ3n) is 4.36. The van der Waals surface area contributed by atoms with Crippen LogP contribution in [-0.2, 0) is 20.9 Å². The molecular weight excluding hydrogens is 386 g/mol. The predicted octanol–water partition coefficient (Wildman–Crippen LogP) is 2.62. The maximum atomic E-state index is 12.6. The molecule has 156 valence electrons. The molecule has 0 unspecified atom stereocenters. The number of nitrogens with one attached hydrogen (secondary N) is 2. The summed E-state index contributed by atoms with van der Waals surface area (Å²) in [6.07, 6.45) is 1.69. The lowest BCUT2D eigenvalue weighted by atomic mass is 10.1. The SMILES string of the molecule is COCCn1ccc2c(OCC(=O)Nc3ccc(NC(C)=O)cc3)cccc2c1=O. The molecule has 1 heterocycles. The minimum atomic E-state index is -0.340. The summed E-state index contributed by atoms with van der Waals surface area (Å²) in [5, 5.41) is 6.54. The maximum Gasteiger partial charge on any atom is 0.262 e. The molecule has 0 saturated carbocycles. The van der Waals surface area contributed by atoms with E-state index >= 15 is 0 Å². The van der Waals surface area contributed by atoms with Crippen molar-refractivity contribution in [2.24, 2.45) is 0 Å². The number of pyridine rings is 1. The zero-order chi connectivity index (χ0) is 21.5. The van der Waals surface area contributed by atoms with Gasteiger partial charge in [0.2, 0.25) is 5.91 Å². The van der Waals surface area contributed by atoms with E-state index in [0.717, 1.165) is 0 Å². The summed E-state index contributed by atoms with van der Waals surface area (Å²) >= 11 is 0. The van der Waals surface area contributed by atoms with Crippen molar-refractivity contribution in [2.45, 2.75) is 13.5 Å². The Hall–Kier alpha value is -3.65. The van der Waals surface area contributed by atoms with E-state index in [-0.39, 0.29) is 24.0 Å². The molecule has 0 atom stereocenters. The number of carbonyl (C=O) groups is 2. The van der Waals surface area contributed by atoms with Gasteiger partial charge in [0.15, 0.2) is 6.61 Å². The molecule has 2 N–H and O–H groups in total. The van der Waals surface area contributed by atoms with Crippen LogP contribution in [0.4, 0.5) is 11.4 Å². The van der Waals surface area contributed by atoms with Crippen LogP contribution in [0.3, 0.4) is 0 Å². The van der Waals surface area contributed by atoms with Gasteiger partial charge >= 0.3 is 0 Å². The molecule has 1 aromatic heterocycles. The second-order valence-electron chi connectivity index (χ2n) is 6.62. The fraction of sp³-hybridized carbons (Fsp3) is 0.227. The van der Waals surface area contributed by atoms with E-state index < -0.39 is 0 Å². The van der Waals surface area contributed by atoms with Gasteiger partial charge in [-0.3, -0.25) is 14.4 Å². The molecule has 3 aromatic rings. The van der Waals surface area contributed by atoms with E-state index in [1.165, 1.54) is 6.92 Å². The van der Waals surface area contributed by atoms with E-state index in [0.29, 0.717) is 41.0 Å². The van der Waals surface area contributed by atoms with Crippen LogP contribution in [0.15, 0.2) is 59.5 Å². The van der Waals surface area contributed by atoms with E-state index in [4.69, 9.17) is 9.47 Å². The molecule has 2 amide bonds. The van der Waals surface area contributed by atoms with Crippen molar-refractivity contribution in [3.63, 3.8) is 0 Å². The number of anilines is 2. The zero-order valence-corrected chi connectivity index (χ0v) is 16.8. The van der Waals surface area contributed by atoms with Gasteiger partial charge in [-0.25, -0.2) is 0 Å². The molecule has 30 heavy (non-hydrogen) atoms. The Balaban J connectivity index is 1.66. The van der Waals surface area contributed by atoms with Gasteiger partial charge in [-0.05, 0) is 42.5 Å². The van der Waals surface area contributed by atoms with Gasteiger partial charge in [0, 0.05) is 43.5 Å². The van der Waals surface area contributed by atoms with Crippen molar-refractivity contribution >= 4 is 34.0 Å². The van der Waals surface area contributed by atoms with Crippen LogP contribution in [0.5, 0.6) is 5.75 Å². The molecule has 0 aliphatic rings. The summed E-state index contributed by atoms with van der Waals surface area (Å²) in [5.74, 6) is -0.0481. The third-order valence-corrected chi connectivity index (χ3v) is 4.36. The third kappa shape index (κ3) is 5.24. The number of amides is 2. The quantitative estimate of drug-likeness (QED) is 0.596. The monoisotopic (exact) mass is 409 g/mol. The van der Waals surface area contributed by atoms with E-state index in [1.807, 2.05) is 0 Å². The molecular formula is C22H23N3O5. The molecule has 0 spiro atoms. The van der Waals surface area contributed by atoms with Crippen molar-refractivity contribution in [2.75, 3.05) is 31.0 Å². The topological polar surface area (TPSA) is 98.7 Å². The highest BCUT2D eigenvalue weighted by Crippen LogP contribution is 2.23. The number of hydrogen-bond donors (Lipinski definition) is 2. The molecule has 0 aliphatic heterocycles. The standard InChI is InChI=1S/C22H23N3O5/c1-15(26)23-16-6-8-17(9-7-16)24-21(27)14-30-20-5-3-4-19-18(20)10-11-25(22(19)28)12-13-29-2/h3-11H,12-14H2,1-2H3,(H,23,26)(H,24,27). The molecule has 0 aliphatic carbocycles. The Morgan fingerprint density at radius 3 is 2.33 bits per heavy atom. The van der Waals surface area contributed by atoms with Crippen molar-refractivity contribution in [3.8, 4) is 5.75 Å². The fourth-order valence-corrected chi connectivity index (χ4v) is 2.96. The molecule has 0 saturated heterocycles. The van der Waals surface area contributed by atoms with Crippen molar-refractivity contribution in [1.29, 1.82) is 0 Å². The van der Waals surface area contributed by atoms with Crippen molar-refractivity contribution in [1.82, 2.24) is 4.57 Å². The summed E-state index contributed by atoms with van der Waals surface area (Å²) in [5.41, 5.74) is 1.08. The average molecular weight is 409 g/mol. The second kappa shape index (κ2) is 9.71. The molecule has 0 radical (unpaired) electrons. The summed E-state index contributed by atoms with van der Waals surface area (Å²) < 4.78 is 12.3. The fourth-order valence-electron chi connectivity index (χ4n) is 2.96. The van der Waals surface area contributed by atoms with Gasteiger partial charge in [0.05, 0.1) is 12.0 Å². The lowest BCUT2D eigenvalue weighted by Gasteiger charge is -2.12. The molecule has 0 fully saturated rings. The summed E-state index contributed by atoms with van der Waals surface area (Å²) in [6.45, 7) is 2.11. The number of methoxy groups -OCH3 is 1. The minimum Gasteiger partial charge on any atom is -0.483 e. The Morgan fingerprint density at radius 2 is 1.67 bits per heavy atom. The number of carbonyl (C=O) groups excluding carboxylic acids is 2. The number of rotatable bonds is 8. The van der Waals surface area contributed by atoms with Crippen LogP contribution in [-0.4, -0.2) is 36.7 Å². The van der Waals surface area contributed by atoms with Crippen LogP contribution < -0.4 is 20.9 Å². The number of aromatic nitrogens is 1. The van der Waals surface area contributed by atoms with Gasteiger partial charge in [0.25, 0.3) is 11.5 Å². The number of ether oxygens (including phenoxy) is 2. The number of fused-ring (bicyclic) bond motifs is 1. The van der Waals surface area contributed by atoms with Crippen molar-refractivity contribution < 1.29 is 19.1 Å². The summed E-state index contributed by atoms with van der Waals surface area (Å²) in [6, 6.07) is 13.7. The number of benzene rings is 2. The highest BCUT2D eigenvalue weighted by molar-refractivity contribution is 5.93. The van der Waals surface area contributed by atoms with E-state index in [1.54, 1.807) is 66.4 Å². The molecule has 0 bridgehead atoms. The van der Waals surface area contributed by atoms with E-state index in [9.17, 15) is 14.4 Å². The second-order valence-corrected chi connectivity index (χ2v) is 6.62. The largest absolute Gasteiger partial charge is 0.483 e. The molecule has 8 nitrogen and oxygen atoms in total. The first-order valence-electron chi connectivity index (χ1n) is 9.39. The lowest BCUT2D eigenvalue weighted by Crippen LogP contribution is -2.22. The van der Waals surface area contributed by atoms with Crippen LogP contribution in [0, 0.1) is 0 Å². The lowest BCUT2D eigenvalue weighted by molar-refractivity contribution is -0.118. The predicted molar refractivity (Wildman–Crippen MR) is 115 cm³/mol.